The standard InChI is InChI=1S/C12H15N5/c1-8-10(7-13-3)9(2)17-12(16-8)11-14-5-4-6-15-11/h4-6,13H,7H2,1-3H3. The fraction of sp³-hybridized carbons (Fsp3) is 0.333. The zero-order chi connectivity index (χ0) is 12.3. The Hall–Kier alpha value is -1.88. The fourth-order valence-electron chi connectivity index (χ4n) is 1.69. The lowest BCUT2D eigenvalue weighted by molar-refractivity contribution is 0.786. The smallest absolute Gasteiger partial charge is 0.198 e. The number of nitrogens with one attached hydrogen (secondary N) is 1. The van der Waals surface area contributed by atoms with Gasteiger partial charge in [0.2, 0.25) is 0 Å². The van der Waals surface area contributed by atoms with Crippen molar-refractivity contribution < 1.29 is 0 Å². The van der Waals surface area contributed by atoms with E-state index in [0.717, 1.165) is 23.5 Å². The summed E-state index contributed by atoms with van der Waals surface area (Å²) in [5.41, 5.74) is 3.07. The predicted octanol–water partition coefficient (Wildman–Crippen LogP) is 1.27. The molecule has 0 atom stereocenters. The number of hydrogen-bond acceptors (Lipinski definition) is 5. The van der Waals surface area contributed by atoms with Crippen LogP contribution < -0.4 is 5.32 Å². The second-order valence-electron chi connectivity index (χ2n) is 3.80. The minimum Gasteiger partial charge on any atom is -0.316 e. The maximum absolute atomic E-state index is 4.45. The summed E-state index contributed by atoms with van der Waals surface area (Å²) in [5.74, 6) is 1.15. The molecule has 0 unspecified atom stereocenters. The minimum absolute atomic E-state index is 0.565. The third-order valence-electron chi connectivity index (χ3n) is 2.54. The highest BCUT2D eigenvalue weighted by molar-refractivity contribution is 5.44. The van der Waals surface area contributed by atoms with Crippen LogP contribution in [-0.2, 0) is 6.54 Å². The minimum atomic E-state index is 0.565. The molecule has 2 heterocycles. The summed E-state index contributed by atoms with van der Waals surface area (Å²) in [4.78, 5) is 17.2. The second-order valence-corrected chi connectivity index (χ2v) is 3.80. The van der Waals surface area contributed by atoms with Crippen LogP contribution in [0.5, 0.6) is 0 Å². The normalized spacial score (nSPS) is 10.5. The van der Waals surface area contributed by atoms with Gasteiger partial charge in [0, 0.05) is 35.9 Å². The lowest BCUT2D eigenvalue weighted by atomic mass is 10.1. The maximum atomic E-state index is 4.45. The Morgan fingerprint density at radius 1 is 1.00 bits per heavy atom. The highest BCUT2D eigenvalue weighted by Gasteiger charge is 2.10. The molecule has 5 nitrogen and oxygen atoms in total. The van der Waals surface area contributed by atoms with Gasteiger partial charge >= 0.3 is 0 Å². The summed E-state index contributed by atoms with van der Waals surface area (Å²) in [6.45, 7) is 4.73. The van der Waals surface area contributed by atoms with Gasteiger partial charge in [0.1, 0.15) is 0 Å². The molecule has 1 N–H and O–H groups in total. The third kappa shape index (κ3) is 2.45. The molecule has 0 fully saturated rings. The largest absolute Gasteiger partial charge is 0.316 e. The van der Waals surface area contributed by atoms with Gasteiger partial charge in [-0.2, -0.15) is 0 Å². The van der Waals surface area contributed by atoms with Crippen molar-refractivity contribution >= 4 is 0 Å². The summed E-state index contributed by atoms with van der Waals surface area (Å²) in [5, 5.41) is 3.11. The molecule has 0 spiro atoms. The number of aromatic nitrogens is 4. The molecule has 0 saturated heterocycles. The van der Waals surface area contributed by atoms with Crippen LogP contribution >= 0.6 is 0 Å². The van der Waals surface area contributed by atoms with Gasteiger partial charge in [0.25, 0.3) is 0 Å². The lowest BCUT2D eigenvalue weighted by Crippen LogP contribution is -2.11. The average Bonchev–Trinajstić information content (AvgIpc) is 2.35. The summed E-state index contributed by atoms with van der Waals surface area (Å²) < 4.78 is 0. The summed E-state index contributed by atoms with van der Waals surface area (Å²) in [7, 11) is 1.91. The average molecular weight is 229 g/mol. The van der Waals surface area contributed by atoms with Crippen LogP contribution in [0.4, 0.5) is 0 Å². The van der Waals surface area contributed by atoms with Crippen LogP contribution in [0.2, 0.25) is 0 Å². The Kier molecular flexibility index (Phi) is 3.39. The molecule has 0 aliphatic heterocycles. The first kappa shape index (κ1) is 11.6. The van der Waals surface area contributed by atoms with E-state index in [1.54, 1.807) is 18.5 Å². The molecule has 0 amide bonds. The molecule has 0 saturated carbocycles. The van der Waals surface area contributed by atoms with Crippen LogP contribution in [0.1, 0.15) is 17.0 Å². The van der Waals surface area contributed by atoms with Gasteiger partial charge in [0.05, 0.1) is 0 Å². The summed E-state index contributed by atoms with van der Waals surface area (Å²) >= 11 is 0. The van der Waals surface area contributed by atoms with Gasteiger partial charge in [-0.1, -0.05) is 0 Å². The van der Waals surface area contributed by atoms with Crippen molar-refractivity contribution in [1.29, 1.82) is 0 Å². The molecule has 5 heteroatoms. The van der Waals surface area contributed by atoms with Crippen LogP contribution in [0.3, 0.4) is 0 Å². The molecule has 0 aromatic carbocycles. The van der Waals surface area contributed by atoms with Crippen LogP contribution in [0.25, 0.3) is 11.6 Å². The van der Waals surface area contributed by atoms with Crippen molar-refractivity contribution in [1.82, 2.24) is 25.3 Å². The molecule has 0 bridgehead atoms. The molecular formula is C12H15N5. The van der Waals surface area contributed by atoms with Gasteiger partial charge < -0.3 is 5.32 Å². The molecular weight excluding hydrogens is 214 g/mol. The van der Waals surface area contributed by atoms with Crippen molar-refractivity contribution in [2.24, 2.45) is 0 Å². The van der Waals surface area contributed by atoms with E-state index in [1.807, 2.05) is 20.9 Å². The van der Waals surface area contributed by atoms with E-state index in [4.69, 9.17) is 0 Å². The van der Waals surface area contributed by atoms with Crippen molar-refractivity contribution in [3.63, 3.8) is 0 Å². The number of hydrogen-bond donors (Lipinski definition) is 1. The fourth-order valence-corrected chi connectivity index (χ4v) is 1.69. The lowest BCUT2D eigenvalue weighted by Gasteiger charge is -2.09. The van der Waals surface area contributed by atoms with Gasteiger partial charge in [-0.3, -0.25) is 0 Å². The molecule has 2 aromatic rings. The Balaban J connectivity index is 2.46. The zero-order valence-corrected chi connectivity index (χ0v) is 10.2. The SMILES string of the molecule is CNCc1c(C)nc(-c2ncccn2)nc1C. The first-order valence-electron chi connectivity index (χ1n) is 5.48. The van der Waals surface area contributed by atoms with E-state index in [2.05, 4.69) is 25.3 Å². The quantitative estimate of drug-likeness (QED) is 0.858. The van der Waals surface area contributed by atoms with Crippen molar-refractivity contribution in [3.8, 4) is 11.6 Å². The Labute approximate surface area is 100 Å². The highest BCUT2D eigenvalue weighted by Crippen LogP contribution is 2.14. The molecule has 0 aliphatic rings. The first-order valence-corrected chi connectivity index (χ1v) is 5.48. The second kappa shape index (κ2) is 4.97. The van der Waals surface area contributed by atoms with Crippen LogP contribution in [0.15, 0.2) is 18.5 Å². The number of rotatable bonds is 3. The summed E-state index contributed by atoms with van der Waals surface area (Å²) in [6, 6.07) is 1.78. The topological polar surface area (TPSA) is 63.6 Å². The van der Waals surface area contributed by atoms with Gasteiger partial charge in [0.15, 0.2) is 11.6 Å². The van der Waals surface area contributed by atoms with E-state index in [9.17, 15) is 0 Å². The van der Waals surface area contributed by atoms with E-state index in [1.165, 1.54) is 0 Å². The van der Waals surface area contributed by atoms with Crippen molar-refractivity contribution in [2.75, 3.05) is 7.05 Å². The van der Waals surface area contributed by atoms with Crippen LogP contribution in [-0.4, -0.2) is 27.0 Å². The molecule has 2 rings (SSSR count). The summed E-state index contributed by atoms with van der Waals surface area (Å²) in [6.07, 6.45) is 3.38. The van der Waals surface area contributed by atoms with E-state index in [0.29, 0.717) is 11.6 Å². The molecule has 0 radical (unpaired) electrons. The Bertz CT molecular complexity index is 487. The first-order chi connectivity index (χ1) is 8.22. The third-order valence-corrected chi connectivity index (χ3v) is 2.54. The van der Waals surface area contributed by atoms with E-state index < -0.39 is 0 Å². The predicted molar refractivity (Wildman–Crippen MR) is 65.3 cm³/mol. The van der Waals surface area contributed by atoms with Crippen molar-refractivity contribution in [3.05, 3.63) is 35.4 Å². The van der Waals surface area contributed by atoms with Gasteiger partial charge in [-0.25, -0.2) is 19.9 Å². The van der Waals surface area contributed by atoms with E-state index >= 15 is 0 Å². The molecule has 2 aromatic heterocycles. The number of nitrogens with zero attached hydrogens (tertiary/aromatic N) is 4. The maximum Gasteiger partial charge on any atom is 0.198 e. The van der Waals surface area contributed by atoms with E-state index in [-0.39, 0.29) is 0 Å². The number of aryl methyl sites for hydroxylation is 2. The van der Waals surface area contributed by atoms with Gasteiger partial charge in [-0.15, -0.1) is 0 Å². The Morgan fingerprint density at radius 2 is 1.59 bits per heavy atom. The Morgan fingerprint density at radius 3 is 2.12 bits per heavy atom. The monoisotopic (exact) mass is 229 g/mol. The van der Waals surface area contributed by atoms with Crippen molar-refractivity contribution in [2.45, 2.75) is 20.4 Å². The molecule has 17 heavy (non-hydrogen) atoms. The highest BCUT2D eigenvalue weighted by atomic mass is 15.0. The molecule has 88 valence electrons. The zero-order valence-electron chi connectivity index (χ0n) is 10.2. The van der Waals surface area contributed by atoms with Crippen LogP contribution in [0, 0.1) is 13.8 Å². The molecule has 0 aliphatic carbocycles. The van der Waals surface area contributed by atoms with Gasteiger partial charge in [-0.05, 0) is 27.0 Å².